The zero-order valence-electron chi connectivity index (χ0n) is 13.3. The molecule has 1 aromatic heterocycles. The predicted octanol–water partition coefficient (Wildman–Crippen LogP) is -0.0568. The summed E-state index contributed by atoms with van der Waals surface area (Å²) in [7, 11) is 3.25. The van der Waals surface area contributed by atoms with Crippen LogP contribution in [0.15, 0.2) is 12.1 Å². The van der Waals surface area contributed by atoms with Gasteiger partial charge in [-0.15, -0.1) is 10.2 Å². The average molecular weight is 320 g/mol. The summed E-state index contributed by atoms with van der Waals surface area (Å²) in [6.45, 7) is 1.66. The third-order valence-electron chi connectivity index (χ3n) is 4.26. The number of aromatic nitrogens is 2. The molecule has 124 valence electrons. The molecule has 2 aliphatic rings. The van der Waals surface area contributed by atoms with Crippen molar-refractivity contribution in [2.24, 2.45) is 5.92 Å². The van der Waals surface area contributed by atoms with Crippen molar-refractivity contribution in [2.45, 2.75) is 18.9 Å². The van der Waals surface area contributed by atoms with E-state index in [0.29, 0.717) is 37.8 Å². The van der Waals surface area contributed by atoms with Crippen LogP contribution in [0, 0.1) is 5.92 Å². The lowest BCUT2D eigenvalue weighted by Crippen LogP contribution is -2.36. The minimum atomic E-state index is -0.230. The molecule has 0 unspecified atom stereocenters. The zero-order valence-corrected chi connectivity index (χ0v) is 13.3. The summed E-state index contributed by atoms with van der Waals surface area (Å²) in [5.74, 6) is 0.682. The minimum Gasteiger partial charge on any atom is -0.480 e. The predicted molar refractivity (Wildman–Crippen MR) is 79.9 cm³/mol. The fourth-order valence-electron chi connectivity index (χ4n) is 2.96. The van der Waals surface area contributed by atoms with E-state index in [9.17, 15) is 9.59 Å². The maximum atomic E-state index is 12.5. The Labute approximate surface area is 134 Å². The van der Waals surface area contributed by atoms with Gasteiger partial charge in [0.05, 0.1) is 19.6 Å². The highest BCUT2D eigenvalue weighted by molar-refractivity contribution is 5.89. The Morgan fingerprint density at radius 3 is 2.61 bits per heavy atom. The van der Waals surface area contributed by atoms with Gasteiger partial charge < -0.3 is 19.3 Å². The van der Waals surface area contributed by atoms with Crippen LogP contribution in [-0.2, 0) is 9.59 Å². The quantitative estimate of drug-likeness (QED) is 0.773. The fraction of sp³-hybridized carbons (Fsp3) is 0.600. The fourth-order valence-corrected chi connectivity index (χ4v) is 2.96. The monoisotopic (exact) mass is 320 g/mol. The summed E-state index contributed by atoms with van der Waals surface area (Å²) in [6, 6.07) is 3.38. The number of rotatable bonds is 4. The number of hydrogen-bond donors (Lipinski definition) is 0. The van der Waals surface area contributed by atoms with Gasteiger partial charge in [-0.3, -0.25) is 9.59 Å². The number of methoxy groups -OCH3 is 1. The third-order valence-corrected chi connectivity index (χ3v) is 4.26. The van der Waals surface area contributed by atoms with Crippen LogP contribution in [0.4, 0.5) is 0 Å². The summed E-state index contributed by atoms with van der Waals surface area (Å²) in [4.78, 5) is 27.4. The molecule has 0 aliphatic carbocycles. The van der Waals surface area contributed by atoms with E-state index < -0.39 is 0 Å². The number of nitrogens with zero attached hydrogens (tertiary/aromatic N) is 4. The van der Waals surface area contributed by atoms with E-state index in [0.717, 1.165) is 6.42 Å². The van der Waals surface area contributed by atoms with Gasteiger partial charge in [-0.05, 0) is 0 Å². The van der Waals surface area contributed by atoms with E-state index in [-0.39, 0.29) is 23.8 Å². The van der Waals surface area contributed by atoms with Gasteiger partial charge in [-0.25, -0.2) is 0 Å². The molecule has 3 heterocycles. The molecule has 23 heavy (non-hydrogen) atoms. The SMILES string of the molecule is COc1ccc(O[C@H]2CCN(C(=O)[C@H]3CC(=O)N(C)C3)C2)nn1. The van der Waals surface area contributed by atoms with E-state index in [4.69, 9.17) is 9.47 Å². The van der Waals surface area contributed by atoms with Crippen molar-refractivity contribution in [1.29, 1.82) is 0 Å². The second-order valence-electron chi connectivity index (χ2n) is 5.90. The first-order valence-electron chi connectivity index (χ1n) is 7.64. The van der Waals surface area contributed by atoms with Crippen molar-refractivity contribution in [3.8, 4) is 11.8 Å². The largest absolute Gasteiger partial charge is 0.480 e. The smallest absolute Gasteiger partial charge is 0.233 e. The molecule has 2 aliphatic heterocycles. The lowest BCUT2D eigenvalue weighted by molar-refractivity contribution is -0.135. The number of carbonyl (C=O) groups is 2. The van der Waals surface area contributed by atoms with Crippen molar-refractivity contribution in [3.05, 3.63) is 12.1 Å². The summed E-state index contributed by atoms with van der Waals surface area (Å²) < 4.78 is 10.7. The summed E-state index contributed by atoms with van der Waals surface area (Å²) in [5.41, 5.74) is 0. The molecular weight excluding hydrogens is 300 g/mol. The van der Waals surface area contributed by atoms with E-state index in [1.807, 2.05) is 0 Å². The van der Waals surface area contributed by atoms with Gasteiger partial charge in [-0.1, -0.05) is 0 Å². The Morgan fingerprint density at radius 2 is 2.00 bits per heavy atom. The molecule has 0 saturated carbocycles. The van der Waals surface area contributed by atoms with Crippen molar-refractivity contribution in [3.63, 3.8) is 0 Å². The van der Waals surface area contributed by atoms with Crippen LogP contribution < -0.4 is 9.47 Å². The van der Waals surface area contributed by atoms with Crippen LogP contribution in [-0.4, -0.2) is 71.7 Å². The first-order valence-corrected chi connectivity index (χ1v) is 7.64. The number of carbonyl (C=O) groups excluding carboxylic acids is 2. The standard InChI is InChI=1S/C15H20N4O4/c1-18-8-10(7-14(18)20)15(21)19-6-5-11(9-19)23-13-4-3-12(22-2)16-17-13/h3-4,10-11H,5-9H2,1-2H3/t10-,11-/m0/s1. The van der Waals surface area contributed by atoms with Gasteiger partial charge >= 0.3 is 0 Å². The van der Waals surface area contributed by atoms with Gasteiger partial charge in [0.15, 0.2) is 0 Å². The lowest BCUT2D eigenvalue weighted by atomic mass is 10.1. The molecule has 3 rings (SSSR count). The average Bonchev–Trinajstić information content (AvgIpc) is 3.15. The maximum absolute atomic E-state index is 12.5. The van der Waals surface area contributed by atoms with E-state index >= 15 is 0 Å². The molecule has 0 radical (unpaired) electrons. The zero-order chi connectivity index (χ0) is 16.4. The van der Waals surface area contributed by atoms with E-state index in [1.54, 1.807) is 29.0 Å². The molecule has 8 heteroatoms. The molecule has 0 spiro atoms. The topological polar surface area (TPSA) is 84.9 Å². The highest BCUT2D eigenvalue weighted by Crippen LogP contribution is 2.23. The number of ether oxygens (including phenoxy) is 2. The molecule has 1 aromatic rings. The highest BCUT2D eigenvalue weighted by Gasteiger charge is 2.37. The highest BCUT2D eigenvalue weighted by atomic mass is 16.5. The Hall–Kier alpha value is -2.38. The van der Waals surface area contributed by atoms with Crippen molar-refractivity contribution >= 4 is 11.8 Å². The van der Waals surface area contributed by atoms with Crippen LogP contribution in [0.3, 0.4) is 0 Å². The normalized spacial score (nSPS) is 24.2. The van der Waals surface area contributed by atoms with Gasteiger partial charge in [0, 0.05) is 45.1 Å². The Bertz CT molecular complexity index is 592. The molecule has 2 atom stereocenters. The molecule has 2 fully saturated rings. The van der Waals surface area contributed by atoms with Crippen molar-refractivity contribution < 1.29 is 19.1 Å². The second kappa shape index (κ2) is 6.39. The van der Waals surface area contributed by atoms with Crippen LogP contribution in [0.5, 0.6) is 11.8 Å². The molecule has 2 saturated heterocycles. The van der Waals surface area contributed by atoms with Crippen LogP contribution in [0.2, 0.25) is 0 Å². The Kier molecular flexibility index (Phi) is 4.31. The van der Waals surface area contributed by atoms with Crippen LogP contribution >= 0.6 is 0 Å². The van der Waals surface area contributed by atoms with E-state index in [2.05, 4.69) is 10.2 Å². The molecule has 2 amide bonds. The first kappa shape index (κ1) is 15.5. The molecule has 0 N–H and O–H groups in total. The molecule has 8 nitrogen and oxygen atoms in total. The lowest BCUT2D eigenvalue weighted by Gasteiger charge is -2.20. The number of amides is 2. The Morgan fingerprint density at radius 1 is 1.26 bits per heavy atom. The number of likely N-dealkylation sites (tertiary alicyclic amines) is 2. The molecule has 0 aromatic carbocycles. The van der Waals surface area contributed by atoms with E-state index in [1.165, 1.54) is 7.11 Å². The summed E-state index contributed by atoms with van der Waals surface area (Å²) in [6.07, 6.45) is 0.952. The summed E-state index contributed by atoms with van der Waals surface area (Å²) in [5, 5.41) is 7.78. The third kappa shape index (κ3) is 3.35. The van der Waals surface area contributed by atoms with Gasteiger partial charge in [0.1, 0.15) is 6.10 Å². The second-order valence-corrected chi connectivity index (χ2v) is 5.90. The maximum Gasteiger partial charge on any atom is 0.233 e. The van der Waals surface area contributed by atoms with Gasteiger partial charge in [-0.2, -0.15) is 0 Å². The Balaban J connectivity index is 1.53. The van der Waals surface area contributed by atoms with Gasteiger partial charge in [0.25, 0.3) is 0 Å². The molecule has 0 bridgehead atoms. The number of hydrogen-bond acceptors (Lipinski definition) is 6. The van der Waals surface area contributed by atoms with Crippen LogP contribution in [0.25, 0.3) is 0 Å². The van der Waals surface area contributed by atoms with Gasteiger partial charge in [0.2, 0.25) is 23.6 Å². The van der Waals surface area contributed by atoms with Crippen molar-refractivity contribution in [2.75, 3.05) is 33.8 Å². The minimum absolute atomic E-state index is 0.0313. The first-order chi connectivity index (χ1) is 11.1. The summed E-state index contributed by atoms with van der Waals surface area (Å²) >= 11 is 0. The van der Waals surface area contributed by atoms with Crippen molar-refractivity contribution in [1.82, 2.24) is 20.0 Å². The molecular formula is C15H20N4O4. The van der Waals surface area contributed by atoms with Crippen LogP contribution in [0.1, 0.15) is 12.8 Å².